The molecule has 0 unspecified atom stereocenters. The number of nitrogens with zero attached hydrogens (tertiary/aromatic N) is 3. The second-order valence-corrected chi connectivity index (χ2v) is 9.18. The van der Waals surface area contributed by atoms with E-state index in [-0.39, 0.29) is 27.1 Å². The fourth-order valence-corrected chi connectivity index (χ4v) is 3.85. The van der Waals surface area contributed by atoms with Gasteiger partial charge in [0.2, 0.25) is 5.91 Å². The predicted octanol–water partition coefficient (Wildman–Crippen LogP) is 4.68. The Bertz CT molecular complexity index is 1300. The first-order valence-corrected chi connectivity index (χ1v) is 11.5. The molecule has 0 saturated heterocycles. The number of nitrogens with one attached hydrogen (secondary N) is 3. The second-order valence-electron chi connectivity index (χ2n) is 8.26. The summed E-state index contributed by atoms with van der Waals surface area (Å²) in [4.78, 5) is 36.7. The number of carbonyl (C=O) groups excluding carboxylic acids is 2. The Kier molecular flexibility index (Phi) is 6.94. The van der Waals surface area contributed by atoms with Crippen molar-refractivity contribution in [1.29, 1.82) is 0 Å². The average Bonchev–Trinajstić information content (AvgIpc) is 3.61. The monoisotopic (exact) mass is 566 g/mol. The Balaban J connectivity index is 1.44. The number of anilines is 2. The van der Waals surface area contributed by atoms with Gasteiger partial charge in [0.1, 0.15) is 17.7 Å². The summed E-state index contributed by atoms with van der Waals surface area (Å²) >= 11 is 3.01. The molecule has 0 spiro atoms. The van der Waals surface area contributed by atoms with E-state index in [1.807, 2.05) is 0 Å². The largest absolute Gasteiger partial charge is 0.418 e. The first-order valence-electron chi connectivity index (χ1n) is 10.7. The normalized spacial score (nSPS) is 15.1. The van der Waals surface area contributed by atoms with E-state index in [0.29, 0.717) is 12.8 Å². The number of rotatable bonds is 7. The third-order valence-electron chi connectivity index (χ3n) is 5.55. The van der Waals surface area contributed by atoms with Crippen LogP contribution >= 0.6 is 15.9 Å². The molecule has 3 N–H and O–H groups in total. The molecule has 0 radical (unpaired) electrons. The zero-order valence-electron chi connectivity index (χ0n) is 18.7. The molecule has 2 amide bonds. The van der Waals surface area contributed by atoms with Crippen molar-refractivity contribution in [1.82, 2.24) is 25.6 Å². The van der Waals surface area contributed by atoms with Gasteiger partial charge in [-0.3, -0.25) is 14.6 Å². The van der Waals surface area contributed by atoms with Crippen molar-refractivity contribution < 1.29 is 27.2 Å². The predicted molar refractivity (Wildman–Crippen MR) is 125 cm³/mol. The van der Waals surface area contributed by atoms with Gasteiger partial charge in [-0.05, 0) is 38.0 Å². The molecule has 1 fully saturated rings. The Morgan fingerprint density at radius 2 is 1.81 bits per heavy atom. The highest BCUT2D eigenvalue weighted by molar-refractivity contribution is 9.10. The van der Waals surface area contributed by atoms with Crippen molar-refractivity contribution in [2.45, 2.75) is 37.5 Å². The van der Waals surface area contributed by atoms with Crippen LogP contribution in [0.3, 0.4) is 0 Å². The van der Waals surface area contributed by atoms with E-state index in [1.165, 1.54) is 44.0 Å². The molecule has 0 aliphatic heterocycles. The number of pyridine rings is 1. The van der Waals surface area contributed by atoms with Gasteiger partial charge in [0.15, 0.2) is 0 Å². The Morgan fingerprint density at radius 3 is 2.42 bits per heavy atom. The third kappa shape index (κ3) is 5.61. The van der Waals surface area contributed by atoms with Gasteiger partial charge in [-0.2, -0.15) is 13.2 Å². The maximum Gasteiger partial charge on any atom is 0.418 e. The maximum absolute atomic E-state index is 14.8. The van der Waals surface area contributed by atoms with Gasteiger partial charge in [-0.25, -0.2) is 14.4 Å². The molecule has 36 heavy (non-hydrogen) atoms. The summed E-state index contributed by atoms with van der Waals surface area (Å²) in [6, 6.07) is 3.67. The maximum atomic E-state index is 14.8. The van der Waals surface area contributed by atoms with Crippen molar-refractivity contribution in [2.75, 3.05) is 5.32 Å². The van der Waals surface area contributed by atoms with Crippen LogP contribution in [0, 0.1) is 5.82 Å². The quantitative estimate of drug-likeness (QED) is 0.358. The zero-order chi connectivity index (χ0) is 26.1. The minimum absolute atomic E-state index is 0.00129. The summed E-state index contributed by atoms with van der Waals surface area (Å²) in [6.07, 6.45) is 1.26. The number of alkyl halides is 3. The molecule has 1 aliphatic carbocycles. The van der Waals surface area contributed by atoms with Gasteiger partial charge >= 0.3 is 6.18 Å². The fraction of sp³-hybridized carbons (Fsp3) is 0.261. The Hall–Kier alpha value is -3.61. The van der Waals surface area contributed by atoms with Crippen LogP contribution in [0.5, 0.6) is 0 Å². The van der Waals surface area contributed by atoms with Crippen LogP contribution in [0.25, 0.3) is 0 Å². The van der Waals surface area contributed by atoms with E-state index in [4.69, 9.17) is 0 Å². The molecule has 0 bridgehead atoms. The van der Waals surface area contributed by atoms with Gasteiger partial charge in [0.25, 0.3) is 5.91 Å². The number of benzene rings is 1. The average molecular weight is 567 g/mol. The van der Waals surface area contributed by atoms with Crippen molar-refractivity contribution in [3.63, 3.8) is 0 Å². The smallest absolute Gasteiger partial charge is 0.354 e. The molecule has 188 valence electrons. The Labute approximate surface area is 211 Å². The minimum atomic E-state index is -4.63. The lowest BCUT2D eigenvalue weighted by atomic mass is 10.1. The first-order chi connectivity index (χ1) is 17.0. The SMILES string of the molecule is C[C@@H](NC(=O)C1(NC(=O)c2cncnc2)CC1)c1ncc(Nc2ccc(Br)cc2C(F)(F)F)cc1F. The highest BCUT2D eigenvalue weighted by Gasteiger charge is 2.51. The zero-order valence-corrected chi connectivity index (χ0v) is 20.2. The third-order valence-corrected chi connectivity index (χ3v) is 6.05. The van der Waals surface area contributed by atoms with Gasteiger partial charge < -0.3 is 16.0 Å². The van der Waals surface area contributed by atoms with E-state index in [1.54, 1.807) is 0 Å². The lowest BCUT2D eigenvalue weighted by Gasteiger charge is -2.21. The van der Waals surface area contributed by atoms with E-state index in [9.17, 15) is 27.2 Å². The highest BCUT2D eigenvalue weighted by Crippen LogP contribution is 2.38. The number of hydrogen-bond acceptors (Lipinski definition) is 6. The van der Waals surface area contributed by atoms with Gasteiger partial charge in [0, 0.05) is 22.9 Å². The number of carbonyl (C=O) groups is 2. The summed E-state index contributed by atoms with van der Waals surface area (Å²) in [7, 11) is 0. The van der Waals surface area contributed by atoms with Crippen LogP contribution in [-0.4, -0.2) is 32.3 Å². The van der Waals surface area contributed by atoms with Crippen molar-refractivity contribution in [3.05, 3.63) is 76.3 Å². The molecule has 1 saturated carbocycles. The van der Waals surface area contributed by atoms with Crippen molar-refractivity contribution in [2.24, 2.45) is 0 Å². The molecule has 2 aromatic heterocycles. The van der Waals surface area contributed by atoms with E-state index in [2.05, 4.69) is 46.8 Å². The first kappa shape index (κ1) is 25.5. The molecule has 4 rings (SSSR count). The number of aromatic nitrogens is 3. The van der Waals surface area contributed by atoms with E-state index in [0.717, 1.165) is 12.1 Å². The lowest BCUT2D eigenvalue weighted by Crippen LogP contribution is -2.49. The molecular formula is C23H19BrF4N6O2. The van der Waals surface area contributed by atoms with Crippen LogP contribution in [0.4, 0.5) is 28.9 Å². The molecular weight excluding hydrogens is 548 g/mol. The van der Waals surface area contributed by atoms with Crippen LogP contribution in [0.15, 0.2) is 53.7 Å². The van der Waals surface area contributed by atoms with Gasteiger partial charge in [-0.15, -0.1) is 0 Å². The molecule has 2 heterocycles. The lowest BCUT2D eigenvalue weighted by molar-refractivity contribution is -0.137. The van der Waals surface area contributed by atoms with Crippen LogP contribution in [0.1, 0.15) is 47.4 Å². The minimum Gasteiger partial charge on any atom is -0.354 e. The number of halogens is 5. The summed E-state index contributed by atoms with van der Waals surface area (Å²) in [5.74, 6) is -1.84. The van der Waals surface area contributed by atoms with Crippen LogP contribution in [-0.2, 0) is 11.0 Å². The summed E-state index contributed by atoms with van der Waals surface area (Å²) in [5.41, 5.74) is -2.25. The molecule has 3 aromatic rings. The molecule has 8 nitrogen and oxygen atoms in total. The topological polar surface area (TPSA) is 109 Å². The van der Waals surface area contributed by atoms with Crippen LogP contribution in [0.2, 0.25) is 0 Å². The van der Waals surface area contributed by atoms with Crippen molar-refractivity contribution in [3.8, 4) is 0 Å². The summed E-state index contributed by atoms with van der Waals surface area (Å²) in [6.45, 7) is 1.51. The highest BCUT2D eigenvalue weighted by atomic mass is 79.9. The van der Waals surface area contributed by atoms with E-state index >= 15 is 0 Å². The molecule has 1 aliphatic rings. The molecule has 13 heteroatoms. The summed E-state index contributed by atoms with van der Waals surface area (Å²) in [5, 5.41) is 7.84. The standard InChI is InChI=1S/C23H19BrF4N6O2/c1-12(32-21(36)22(4-5-22)34-20(35)13-8-29-11-30-9-13)19-17(25)7-15(10-31-19)33-18-3-2-14(24)6-16(18)23(26,27)28/h2-3,6-12,33H,4-5H2,1H3,(H,32,36)(H,34,35)/t12-/m1/s1. The molecule has 1 aromatic carbocycles. The Morgan fingerprint density at radius 1 is 1.11 bits per heavy atom. The van der Waals surface area contributed by atoms with Gasteiger partial charge in [-0.1, -0.05) is 15.9 Å². The van der Waals surface area contributed by atoms with Crippen LogP contribution < -0.4 is 16.0 Å². The van der Waals surface area contributed by atoms with Crippen molar-refractivity contribution >= 4 is 39.1 Å². The second kappa shape index (κ2) is 9.80. The molecule has 1 atom stereocenters. The van der Waals surface area contributed by atoms with E-state index < -0.39 is 41.0 Å². The fourth-order valence-electron chi connectivity index (χ4n) is 3.49. The number of amides is 2. The summed E-state index contributed by atoms with van der Waals surface area (Å²) < 4.78 is 55.1. The van der Waals surface area contributed by atoms with Gasteiger partial charge in [0.05, 0.1) is 40.4 Å². The number of hydrogen-bond donors (Lipinski definition) is 3.